The lowest BCUT2D eigenvalue weighted by Crippen LogP contribution is -2.06. The lowest BCUT2D eigenvalue weighted by Gasteiger charge is -2.08. The van der Waals surface area contributed by atoms with Gasteiger partial charge in [-0.15, -0.1) is 0 Å². The van der Waals surface area contributed by atoms with Crippen molar-refractivity contribution < 1.29 is 9.72 Å². The molecular weight excluding hydrogens is 268 g/mol. The van der Waals surface area contributed by atoms with Gasteiger partial charge in [-0.05, 0) is 5.56 Å². The molecule has 0 spiro atoms. The minimum absolute atomic E-state index is 0.00167. The predicted octanol–water partition coefficient (Wildman–Crippen LogP) is 3.47. The Labute approximate surface area is 121 Å². The molecule has 0 amide bonds. The maximum atomic E-state index is 12.1. The first kappa shape index (κ1) is 14.4. The van der Waals surface area contributed by atoms with Crippen molar-refractivity contribution in [2.75, 3.05) is 0 Å². The largest absolute Gasteiger partial charge is 0.294 e. The fourth-order valence-corrected chi connectivity index (χ4v) is 2.02. The van der Waals surface area contributed by atoms with Crippen molar-refractivity contribution >= 4 is 11.5 Å². The fraction of sp³-hybridized carbons (Fsp3) is 0.125. The van der Waals surface area contributed by atoms with Gasteiger partial charge in [0.25, 0.3) is 5.69 Å². The molecule has 21 heavy (non-hydrogen) atoms. The van der Waals surface area contributed by atoms with Crippen molar-refractivity contribution in [1.29, 1.82) is 5.26 Å². The van der Waals surface area contributed by atoms with Gasteiger partial charge in [0.2, 0.25) is 0 Å². The molecule has 0 aliphatic heterocycles. The number of rotatable bonds is 5. The van der Waals surface area contributed by atoms with Crippen LogP contribution in [0.2, 0.25) is 0 Å². The third-order valence-electron chi connectivity index (χ3n) is 3.12. The van der Waals surface area contributed by atoms with E-state index in [1.54, 1.807) is 36.4 Å². The maximum Gasteiger partial charge on any atom is 0.269 e. The van der Waals surface area contributed by atoms with Gasteiger partial charge >= 0.3 is 0 Å². The number of ketones is 1. The molecule has 0 fully saturated rings. The smallest absolute Gasteiger partial charge is 0.269 e. The van der Waals surface area contributed by atoms with E-state index in [-0.39, 0.29) is 17.9 Å². The van der Waals surface area contributed by atoms with Gasteiger partial charge in [-0.3, -0.25) is 14.9 Å². The molecule has 0 radical (unpaired) electrons. The van der Waals surface area contributed by atoms with E-state index in [1.807, 2.05) is 6.07 Å². The first-order valence-corrected chi connectivity index (χ1v) is 6.34. The Hall–Kier alpha value is -3.00. The Kier molecular flexibility index (Phi) is 4.42. The summed E-state index contributed by atoms with van der Waals surface area (Å²) < 4.78 is 0. The molecule has 0 saturated heterocycles. The molecule has 0 saturated carbocycles. The van der Waals surface area contributed by atoms with Crippen LogP contribution in [0.1, 0.15) is 28.3 Å². The summed E-state index contributed by atoms with van der Waals surface area (Å²) in [6.45, 7) is 0. The Morgan fingerprint density at radius 1 is 1.19 bits per heavy atom. The Bertz CT molecular complexity index is 705. The van der Waals surface area contributed by atoms with Crippen molar-refractivity contribution in [2.24, 2.45) is 0 Å². The van der Waals surface area contributed by atoms with Crippen LogP contribution in [0.15, 0.2) is 54.6 Å². The Morgan fingerprint density at radius 3 is 2.52 bits per heavy atom. The van der Waals surface area contributed by atoms with E-state index in [0.717, 1.165) is 0 Å². The fourth-order valence-electron chi connectivity index (χ4n) is 2.02. The van der Waals surface area contributed by atoms with Gasteiger partial charge < -0.3 is 0 Å². The second kappa shape index (κ2) is 6.44. The number of benzene rings is 2. The molecule has 104 valence electrons. The molecule has 5 heteroatoms. The molecule has 1 atom stereocenters. The van der Waals surface area contributed by atoms with Gasteiger partial charge in [0.05, 0.1) is 16.9 Å². The Balaban J connectivity index is 2.21. The van der Waals surface area contributed by atoms with E-state index in [2.05, 4.69) is 0 Å². The summed E-state index contributed by atoms with van der Waals surface area (Å²) >= 11 is 0. The summed E-state index contributed by atoms with van der Waals surface area (Å²) in [5.41, 5.74) is 0.930. The Morgan fingerprint density at radius 2 is 1.90 bits per heavy atom. The molecule has 5 nitrogen and oxygen atoms in total. The van der Waals surface area contributed by atoms with E-state index in [1.165, 1.54) is 18.2 Å². The van der Waals surface area contributed by atoms with E-state index < -0.39 is 10.8 Å². The molecule has 0 bridgehead atoms. The van der Waals surface area contributed by atoms with Gasteiger partial charge in [-0.25, -0.2) is 0 Å². The lowest BCUT2D eigenvalue weighted by atomic mass is 9.92. The van der Waals surface area contributed by atoms with Gasteiger partial charge in [-0.2, -0.15) is 5.26 Å². The number of carbonyl (C=O) groups is 1. The average molecular weight is 280 g/mol. The number of hydrogen-bond donors (Lipinski definition) is 0. The number of non-ortho nitro benzene ring substituents is 1. The second-order valence-electron chi connectivity index (χ2n) is 4.53. The average Bonchev–Trinajstić information content (AvgIpc) is 2.53. The lowest BCUT2D eigenvalue weighted by molar-refractivity contribution is -0.384. The molecule has 0 aromatic heterocycles. The maximum absolute atomic E-state index is 12.1. The summed E-state index contributed by atoms with van der Waals surface area (Å²) in [7, 11) is 0. The SMILES string of the molecule is N#C[C@@H](CC(=O)c1ccccc1)c1cccc([N+](=O)[O-])c1. The van der Waals surface area contributed by atoms with Crippen LogP contribution in [0, 0.1) is 21.4 Å². The van der Waals surface area contributed by atoms with Crippen LogP contribution in [0.4, 0.5) is 5.69 Å². The molecule has 2 aromatic carbocycles. The van der Waals surface area contributed by atoms with Crippen LogP contribution < -0.4 is 0 Å². The van der Waals surface area contributed by atoms with Crippen LogP contribution in [-0.2, 0) is 0 Å². The highest BCUT2D eigenvalue weighted by Gasteiger charge is 2.18. The van der Waals surface area contributed by atoms with Crippen LogP contribution in [0.25, 0.3) is 0 Å². The summed E-state index contributed by atoms with van der Waals surface area (Å²) in [6, 6.07) is 16.6. The topological polar surface area (TPSA) is 84.0 Å². The number of nitrogens with zero attached hydrogens (tertiary/aromatic N) is 2. The molecule has 0 aliphatic rings. The van der Waals surface area contributed by atoms with E-state index in [0.29, 0.717) is 11.1 Å². The van der Waals surface area contributed by atoms with Crippen molar-refractivity contribution in [2.45, 2.75) is 12.3 Å². The quantitative estimate of drug-likeness (QED) is 0.477. The highest BCUT2D eigenvalue weighted by Crippen LogP contribution is 2.24. The van der Waals surface area contributed by atoms with Gasteiger partial charge in [-0.1, -0.05) is 42.5 Å². The molecule has 0 aliphatic carbocycles. The third-order valence-corrected chi connectivity index (χ3v) is 3.12. The van der Waals surface area contributed by atoms with Crippen LogP contribution in [-0.4, -0.2) is 10.7 Å². The normalized spacial score (nSPS) is 11.4. The summed E-state index contributed by atoms with van der Waals surface area (Å²) in [4.78, 5) is 22.4. The van der Waals surface area contributed by atoms with Gasteiger partial charge in [0.1, 0.15) is 0 Å². The minimum Gasteiger partial charge on any atom is -0.294 e. The van der Waals surface area contributed by atoms with Crippen molar-refractivity contribution in [3.63, 3.8) is 0 Å². The molecular formula is C16H12N2O3. The molecule has 0 unspecified atom stereocenters. The third kappa shape index (κ3) is 3.51. The van der Waals surface area contributed by atoms with Gasteiger partial charge in [0.15, 0.2) is 5.78 Å². The van der Waals surface area contributed by atoms with Gasteiger partial charge in [0, 0.05) is 24.1 Å². The highest BCUT2D eigenvalue weighted by molar-refractivity contribution is 5.96. The molecule has 0 N–H and O–H groups in total. The first-order chi connectivity index (χ1) is 10.1. The number of nitriles is 1. The van der Waals surface area contributed by atoms with Crippen LogP contribution >= 0.6 is 0 Å². The minimum atomic E-state index is -0.697. The number of carbonyl (C=O) groups excluding carboxylic acids is 1. The van der Waals surface area contributed by atoms with E-state index >= 15 is 0 Å². The van der Waals surface area contributed by atoms with Crippen molar-refractivity contribution in [3.05, 3.63) is 75.8 Å². The predicted molar refractivity (Wildman–Crippen MR) is 76.8 cm³/mol. The summed E-state index contributed by atoms with van der Waals surface area (Å²) in [6.07, 6.45) is 0.00167. The summed E-state index contributed by atoms with van der Waals surface area (Å²) in [5.74, 6) is -0.855. The van der Waals surface area contributed by atoms with Crippen molar-refractivity contribution in [3.8, 4) is 6.07 Å². The van der Waals surface area contributed by atoms with E-state index in [9.17, 15) is 20.2 Å². The zero-order chi connectivity index (χ0) is 15.2. The highest BCUT2D eigenvalue weighted by atomic mass is 16.6. The number of nitro benzene ring substituents is 1. The summed E-state index contributed by atoms with van der Waals surface area (Å²) in [5, 5.41) is 20.0. The molecule has 0 heterocycles. The van der Waals surface area contributed by atoms with E-state index in [4.69, 9.17) is 0 Å². The monoisotopic (exact) mass is 280 g/mol. The molecule has 2 rings (SSSR count). The number of Topliss-reactive ketones (excluding diaryl/α,β-unsaturated/α-hetero) is 1. The van der Waals surface area contributed by atoms with Crippen LogP contribution in [0.5, 0.6) is 0 Å². The second-order valence-corrected chi connectivity index (χ2v) is 4.53. The number of hydrogen-bond acceptors (Lipinski definition) is 4. The molecule has 2 aromatic rings. The first-order valence-electron chi connectivity index (χ1n) is 6.34. The standard InChI is InChI=1S/C16H12N2O3/c17-11-14(10-16(19)12-5-2-1-3-6-12)13-7-4-8-15(9-13)18(20)21/h1-9,14H,10H2/t14-/m1/s1. The zero-order valence-electron chi connectivity index (χ0n) is 11.1. The van der Waals surface area contributed by atoms with Crippen LogP contribution in [0.3, 0.4) is 0 Å². The van der Waals surface area contributed by atoms with Crippen molar-refractivity contribution in [1.82, 2.24) is 0 Å². The zero-order valence-corrected chi connectivity index (χ0v) is 11.1. The number of nitro groups is 1.